The van der Waals surface area contributed by atoms with Crippen molar-refractivity contribution in [2.45, 2.75) is 25.7 Å². The van der Waals surface area contributed by atoms with Gasteiger partial charge in [0, 0.05) is 0 Å². The number of nitrogens with zero attached hydrogens (tertiary/aromatic N) is 3. The molecule has 2 aromatic carbocycles. The van der Waals surface area contributed by atoms with Gasteiger partial charge in [0.1, 0.15) is 5.75 Å². The summed E-state index contributed by atoms with van der Waals surface area (Å²) in [7, 11) is 0. The summed E-state index contributed by atoms with van der Waals surface area (Å²) in [6, 6.07) is 12.7. The number of carbonyl (C=O) groups is 2. The highest BCUT2D eigenvalue weighted by molar-refractivity contribution is 7.99. The van der Waals surface area contributed by atoms with Gasteiger partial charge >= 0.3 is 0 Å². The van der Waals surface area contributed by atoms with Gasteiger partial charge in [-0.1, -0.05) is 24.3 Å². The van der Waals surface area contributed by atoms with E-state index in [2.05, 4.69) is 10.2 Å². The fourth-order valence-electron chi connectivity index (χ4n) is 2.83. The molecule has 0 aliphatic carbocycles. The first-order valence-corrected chi connectivity index (χ1v) is 9.62. The third kappa shape index (κ3) is 3.50. The highest BCUT2D eigenvalue weighted by atomic mass is 32.2. The Morgan fingerprint density at radius 3 is 2.46 bits per heavy atom. The summed E-state index contributed by atoms with van der Waals surface area (Å²) in [6.07, 6.45) is 0. The van der Waals surface area contributed by atoms with Crippen LogP contribution in [0.25, 0.3) is 0 Å². The molecule has 0 unspecified atom stereocenters. The minimum Gasteiger partial charge on any atom is -0.484 e. The molecular formula is C20H17N3O4S. The second-order valence-electron chi connectivity index (χ2n) is 6.38. The molecule has 0 saturated carbocycles. The molecule has 0 fully saturated rings. The summed E-state index contributed by atoms with van der Waals surface area (Å²) in [5.41, 5.74) is 2.95. The van der Waals surface area contributed by atoms with Crippen LogP contribution in [0.2, 0.25) is 0 Å². The third-order valence-corrected chi connectivity index (χ3v) is 5.14. The predicted molar refractivity (Wildman–Crippen MR) is 102 cm³/mol. The minimum atomic E-state index is -0.314. The number of rotatable bonds is 6. The summed E-state index contributed by atoms with van der Waals surface area (Å²) in [5.74, 6) is 0.563. The average molecular weight is 395 g/mol. The number of imide groups is 1. The topological polar surface area (TPSA) is 85.5 Å². The van der Waals surface area contributed by atoms with E-state index in [0.717, 1.165) is 28.6 Å². The second kappa shape index (κ2) is 7.47. The molecule has 142 valence electrons. The van der Waals surface area contributed by atoms with Crippen LogP contribution < -0.4 is 4.74 Å². The first-order valence-electron chi connectivity index (χ1n) is 8.63. The lowest BCUT2D eigenvalue weighted by Crippen LogP contribution is -2.29. The van der Waals surface area contributed by atoms with Crippen molar-refractivity contribution in [2.24, 2.45) is 0 Å². The van der Waals surface area contributed by atoms with Crippen LogP contribution in [0.5, 0.6) is 5.75 Å². The monoisotopic (exact) mass is 395 g/mol. The molecule has 1 aliphatic heterocycles. The third-order valence-electron chi connectivity index (χ3n) is 4.34. The molecule has 0 N–H and O–H groups in total. The van der Waals surface area contributed by atoms with Crippen LogP contribution in [-0.2, 0) is 6.61 Å². The van der Waals surface area contributed by atoms with Gasteiger partial charge < -0.3 is 9.15 Å². The normalized spacial score (nSPS) is 13.1. The molecule has 28 heavy (non-hydrogen) atoms. The van der Waals surface area contributed by atoms with Gasteiger partial charge in [0.2, 0.25) is 0 Å². The van der Waals surface area contributed by atoms with E-state index in [-0.39, 0.29) is 29.5 Å². The Balaban J connectivity index is 1.36. The van der Waals surface area contributed by atoms with Crippen LogP contribution in [0.4, 0.5) is 0 Å². The number of ether oxygens (including phenoxy) is 1. The van der Waals surface area contributed by atoms with E-state index in [1.165, 1.54) is 4.90 Å². The maximum Gasteiger partial charge on any atom is 0.278 e. The zero-order valence-electron chi connectivity index (χ0n) is 15.3. The van der Waals surface area contributed by atoms with Crippen molar-refractivity contribution < 1.29 is 18.7 Å². The highest BCUT2D eigenvalue weighted by Crippen LogP contribution is 2.27. The Morgan fingerprint density at radius 1 is 1.04 bits per heavy atom. The zero-order chi connectivity index (χ0) is 19.7. The summed E-state index contributed by atoms with van der Waals surface area (Å²) in [5, 5.41) is 8.18. The van der Waals surface area contributed by atoms with Crippen molar-refractivity contribution in [3.05, 3.63) is 70.6 Å². The SMILES string of the molecule is Cc1ccc(C)c(OCc2nnc(SCN3C(=O)c4ccccc4C3=O)o2)c1. The fourth-order valence-corrected chi connectivity index (χ4v) is 3.56. The van der Waals surface area contributed by atoms with E-state index in [1.54, 1.807) is 24.3 Å². The summed E-state index contributed by atoms with van der Waals surface area (Å²) in [6.45, 7) is 4.10. The molecule has 0 spiro atoms. The van der Waals surface area contributed by atoms with E-state index < -0.39 is 0 Å². The van der Waals surface area contributed by atoms with Gasteiger partial charge in [-0.3, -0.25) is 14.5 Å². The van der Waals surface area contributed by atoms with E-state index in [1.807, 2.05) is 32.0 Å². The van der Waals surface area contributed by atoms with Crippen LogP contribution in [0.3, 0.4) is 0 Å². The van der Waals surface area contributed by atoms with Crippen molar-refractivity contribution in [3.8, 4) is 5.75 Å². The molecule has 1 aliphatic rings. The standard InChI is InChI=1S/C20H17N3O4S/c1-12-7-8-13(2)16(9-12)26-10-17-21-22-20(27-17)28-11-23-18(24)14-5-3-4-6-15(14)19(23)25/h3-9H,10-11H2,1-2H3. The van der Waals surface area contributed by atoms with Gasteiger partial charge in [-0.2, -0.15) is 0 Å². The Morgan fingerprint density at radius 2 is 1.75 bits per heavy atom. The van der Waals surface area contributed by atoms with E-state index >= 15 is 0 Å². The Kier molecular flexibility index (Phi) is 4.87. The van der Waals surface area contributed by atoms with E-state index in [0.29, 0.717) is 17.0 Å². The quantitative estimate of drug-likeness (QED) is 0.465. The number of fused-ring (bicyclic) bond motifs is 1. The predicted octanol–water partition coefficient (Wildman–Crippen LogP) is 3.61. The molecule has 3 aromatic rings. The molecule has 1 aromatic heterocycles. The number of hydrogen-bond donors (Lipinski definition) is 0. The molecule has 7 nitrogen and oxygen atoms in total. The Bertz CT molecular complexity index is 1030. The van der Waals surface area contributed by atoms with Gasteiger partial charge in [0.05, 0.1) is 17.0 Å². The first-order chi connectivity index (χ1) is 13.5. The molecule has 0 saturated heterocycles. The number of aromatic nitrogens is 2. The van der Waals surface area contributed by atoms with Crippen LogP contribution in [0.1, 0.15) is 37.7 Å². The number of aryl methyl sites for hydroxylation is 2. The number of benzene rings is 2. The second-order valence-corrected chi connectivity index (χ2v) is 7.27. The molecule has 0 radical (unpaired) electrons. The smallest absolute Gasteiger partial charge is 0.278 e. The van der Waals surface area contributed by atoms with Crippen molar-refractivity contribution in [2.75, 3.05) is 5.88 Å². The maximum atomic E-state index is 12.4. The number of carbonyl (C=O) groups excluding carboxylic acids is 2. The van der Waals surface area contributed by atoms with Gasteiger partial charge in [-0.25, -0.2) is 0 Å². The molecule has 4 rings (SSSR count). The van der Waals surface area contributed by atoms with Gasteiger partial charge in [-0.05, 0) is 54.9 Å². The number of thioether (sulfide) groups is 1. The van der Waals surface area contributed by atoms with Crippen LogP contribution >= 0.6 is 11.8 Å². The average Bonchev–Trinajstić information content (AvgIpc) is 3.25. The molecular weight excluding hydrogens is 378 g/mol. The van der Waals surface area contributed by atoms with Crippen molar-refractivity contribution >= 4 is 23.6 Å². The van der Waals surface area contributed by atoms with E-state index in [4.69, 9.17) is 9.15 Å². The lowest BCUT2D eigenvalue weighted by atomic mass is 10.1. The molecule has 2 heterocycles. The lowest BCUT2D eigenvalue weighted by Gasteiger charge is -2.11. The van der Waals surface area contributed by atoms with Gasteiger partial charge in [-0.15, -0.1) is 10.2 Å². The summed E-state index contributed by atoms with van der Waals surface area (Å²) >= 11 is 1.13. The summed E-state index contributed by atoms with van der Waals surface area (Å²) < 4.78 is 11.3. The van der Waals surface area contributed by atoms with Gasteiger partial charge in [0.25, 0.3) is 22.9 Å². The molecule has 8 heteroatoms. The number of hydrogen-bond acceptors (Lipinski definition) is 7. The van der Waals surface area contributed by atoms with Gasteiger partial charge in [0.15, 0.2) is 6.61 Å². The van der Waals surface area contributed by atoms with Crippen LogP contribution in [-0.4, -0.2) is 32.8 Å². The van der Waals surface area contributed by atoms with Crippen LogP contribution in [0, 0.1) is 13.8 Å². The first kappa shape index (κ1) is 18.2. The molecule has 0 bridgehead atoms. The molecule has 0 atom stereocenters. The minimum absolute atomic E-state index is 0.103. The van der Waals surface area contributed by atoms with Crippen LogP contribution in [0.15, 0.2) is 52.1 Å². The van der Waals surface area contributed by atoms with E-state index in [9.17, 15) is 9.59 Å². The fraction of sp³-hybridized carbons (Fsp3) is 0.200. The Hall–Kier alpha value is -3.13. The molecule has 2 amide bonds. The lowest BCUT2D eigenvalue weighted by molar-refractivity contribution is 0.0684. The highest BCUT2D eigenvalue weighted by Gasteiger charge is 2.35. The maximum absolute atomic E-state index is 12.4. The summed E-state index contributed by atoms with van der Waals surface area (Å²) in [4.78, 5) is 25.9. The number of amides is 2. The Labute approximate surface area is 165 Å². The zero-order valence-corrected chi connectivity index (χ0v) is 16.2. The van der Waals surface area contributed by atoms with Crippen molar-refractivity contribution in [3.63, 3.8) is 0 Å². The van der Waals surface area contributed by atoms with Crippen molar-refractivity contribution in [1.82, 2.24) is 15.1 Å². The van der Waals surface area contributed by atoms with Crippen molar-refractivity contribution in [1.29, 1.82) is 0 Å². The largest absolute Gasteiger partial charge is 0.484 e.